The SMILES string of the molecule is O=Cc1c2cccc1Oc1nc(ccc1[N+](=O)[O-])Oc1cccc(c1)Oc1nc(ccc1[N+](=O)[O-])O2. The molecule has 0 amide bonds. The lowest BCUT2D eigenvalue weighted by Crippen LogP contribution is -2.02. The molecule has 1 aliphatic rings. The van der Waals surface area contributed by atoms with E-state index in [9.17, 15) is 25.0 Å². The molecule has 0 radical (unpaired) electrons. The predicted octanol–water partition coefficient (Wildman–Crippen LogP) is 5.59. The van der Waals surface area contributed by atoms with Crippen molar-refractivity contribution in [1.82, 2.24) is 9.97 Å². The molecule has 0 saturated carbocycles. The minimum atomic E-state index is -0.692. The van der Waals surface area contributed by atoms with Gasteiger partial charge in [0.25, 0.3) is 0 Å². The van der Waals surface area contributed by atoms with Crippen LogP contribution in [0.1, 0.15) is 10.4 Å². The van der Waals surface area contributed by atoms with Gasteiger partial charge >= 0.3 is 23.1 Å². The summed E-state index contributed by atoms with van der Waals surface area (Å²) in [5.41, 5.74) is -1.01. The van der Waals surface area contributed by atoms with Gasteiger partial charge < -0.3 is 18.9 Å². The summed E-state index contributed by atoms with van der Waals surface area (Å²) < 4.78 is 22.7. The molecule has 36 heavy (non-hydrogen) atoms. The van der Waals surface area contributed by atoms with Gasteiger partial charge in [0, 0.05) is 30.3 Å². The lowest BCUT2D eigenvalue weighted by atomic mass is 10.2. The van der Waals surface area contributed by atoms with Crippen molar-refractivity contribution < 1.29 is 33.6 Å². The maximum atomic E-state index is 11.9. The third-order valence-corrected chi connectivity index (χ3v) is 4.83. The van der Waals surface area contributed by atoms with E-state index in [4.69, 9.17) is 18.9 Å². The van der Waals surface area contributed by atoms with Crippen LogP contribution in [0.5, 0.6) is 46.5 Å². The zero-order chi connectivity index (χ0) is 25.2. The molecule has 0 aliphatic carbocycles. The fourth-order valence-electron chi connectivity index (χ4n) is 3.24. The largest absolute Gasteiger partial charge is 0.439 e. The molecular formula is C23H12N4O9. The van der Waals surface area contributed by atoms with Crippen molar-refractivity contribution in [2.45, 2.75) is 0 Å². The van der Waals surface area contributed by atoms with Gasteiger partial charge in [-0.3, -0.25) is 25.0 Å². The van der Waals surface area contributed by atoms with Gasteiger partial charge in [-0.2, -0.15) is 9.97 Å². The summed E-state index contributed by atoms with van der Waals surface area (Å²) in [6.07, 6.45) is 0.424. The number of carbonyl (C=O) groups is 1. The molecular weight excluding hydrogens is 476 g/mol. The Kier molecular flexibility index (Phi) is 5.54. The van der Waals surface area contributed by atoms with Gasteiger partial charge in [0.05, 0.1) is 15.4 Å². The summed E-state index contributed by atoms with van der Waals surface area (Å²) in [6, 6.07) is 15.1. The van der Waals surface area contributed by atoms with Gasteiger partial charge in [0.15, 0.2) is 6.29 Å². The summed E-state index contributed by atoms with van der Waals surface area (Å²) in [6.45, 7) is 0. The second kappa shape index (κ2) is 8.98. The fourth-order valence-corrected chi connectivity index (χ4v) is 3.24. The summed E-state index contributed by atoms with van der Waals surface area (Å²) in [7, 11) is 0. The molecule has 5 rings (SSSR count). The number of aromatic nitrogens is 2. The predicted molar refractivity (Wildman–Crippen MR) is 120 cm³/mol. The van der Waals surface area contributed by atoms with E-state index in [1.54, 1.807) is 12.1 Å². The first kappa shape index (κ1) is 22.2. The number of nitro groups is 2. The highest BCUT2D eigenvalue weighted by Crippen LogP contribution is 2.39. The first-order chi connectivity index (χ1) is 17.4. The van der Waals surface area contributed by atoms with Gasteiger partial charge in [-0.25, -0.2) is 0 Å². The second-order valence-corrected chi connectivity index (χ2v) is 7.13. The zero-order valence-corrected chi connectivity index (χ0v) is 17.9. The van der Waals surface area contributed by atoms with E-state index in [0.717, 1.165) is 12.1 Å². The lowest BCUT2D eigenvalue weighted by Gasteiger charge is -2.14. The van der Waals surface area contributed by atoms with E-state index in [-0.39, 0.29) is 46.2 Å². The molecule has 178 valence electrons. The average molecular weight is 488 g/mol. The monoisotopic (exact) mass is 488 g/mol. The van der Waals surface area contributed by atoms with E-state index >= 15 is 0 Å². The van der Waals surface area contributed by atoms with Crippen molar-refractivity contribution >= 4 is 17.7 Å². The van der Waals surface area contributed by atoms with Crippen molar-refractivity contribution in [3.63, 3.8) is 0 Å². The Labute approximate surface area is 200 Å². The molecule has 1 aliphatic heterocycles. The first-order valence-corrected chi connectivity index (χ1v) is 10.1. The van der Waals surface area contributed by atoms with Gasteiger partial charge in [-0.1, -0.05) is 12.1 Å². The van der Waals surface area contributed by atoms with Crippen molar-refractivity contribution in [3.05, 3.63) is 92.5 Å². The topological polar surface area (TPSA) is 166 Å². The van der Waals surface area contributed by atoms with Crippen molar-refractivity contribution in [1.29, 1.82) is 0 Å². The molecule has 8 bridgehead atoms. The number of hydrogen-bond donors (Lipinski definition) is 0. The Morgan fingerprint density at radius 1 is 0.667 bits per heavy atom. The average Bonchev–Trinajstić information content (AvgIpc) is 2.84. The molecule has 0 unspecified atom stereocenters. The maximum Gasteiger partial charge on any atom is 0.331 e. The maximum absolute atomic E-state index is 11.9. The van der Waals surface area contributed by atoms with Crippen LogP contribution in [0.3, 0.4) is 0 Å². The summed E-state index contributed by atoms with van der Waals surface area (Å²) in [5, 5.41) is 23.1. The van der Waals surface area contributed by atoms with Gasteiger partial charge in [0.2, 0.25) is 11.8 Å². The number of nitrogens with zero attached hydrogens (tertiary/aromatic N) is 4. The molecule has 0 saturated heterocycles. The van der Waals surface area contributed by atoms with Crippen LogP contribution in [-0.4, -0.2) is 26.1 Å². The number of carbonyl (C=O) groups excluding carboxylic acids is 1. The lowest BCUT2D eigenvalue weighted by molar-refractivity contribution is -0.386. The van der Waals surface area contributed by atoms with E-state index in [0.29, 0.717) is 6.29 Å². The molecule has 0 N–H and O–H groups in total. The van der Waals surface area contributed by atoms with E-state index in [2.05, 4.69) is 9.97 Å². The highest BCUT2D eigenvalue weighted by Gasteiger charge is 2.24. The molecule has 0 fully saturated rings. The number of pyridine rings is 2. The normalized spacial score (nSPS) is 11.7. The first-order valence-electron chi connectivity index (χ1n) is 10.1. The van der Waals surface area contributed by atoms with Gasteiger partial charge in [-0.05, 0) is 24.3 Å². The standard InChI is InChI=1S/C23H12N4O9/c28-12-15-18-5-2-6-19(15)36-23-17(27(31)32)7-9-20(24-23)33-13-3-1-4-14(11-13)34-22-16(26(29)30)8-10-21(25-22)35-18/h1-12H. The minimum Gasteiger partial charge on any atom is -0.439 e. The van der Waals surface area contributed by atoms with Gasteiger partial charge in [-0.15, -0.1) is 0 Å². The van der Waals surface area contributed by atoms with E-state index in [1.165, 1.54) is 42.5 Å². The molecule has 13 nitrogen and oxygen atoms in total. The quantitative estimate of drug-likeness (QED) is 0.176. The number of hydrogen-bond acceptors (Lipinski definition) is 11. The zero-order valence-electron chi connectivity index (χ0n) is 17.9. The molecule has 4 aromatic rings. The van der Waals surface area contributed by atoms with Crippen LogP contribution in [0.2, 0.25) is 0 Å². The highest BCUT2D eigenvalue weighted by atomic mass is 16.6. The Hall–Kier alpha value is -5.59. The number of ether oxygens (including phenoxy) is 4. The van der Waals surface area contributed by atoms with Crippen LogP contribution in [0.25, 0.3) is 0 Å². The fraction of sp³-hybridized carbons (Fsp3) is 0. The summed E-state index contributed by atoms with van der Waals surface area (Å²) >= 11 is 0. The van der Waals surface area contributed by atoms with Crippen LogP contribution in [0, 0.1) is 20.2 Å². The highest BCUT2D eigenvalue weighted by molar-refractivity contribution is 5.84. The summed E-state index contributed by atoms with van der Waals surface area (Å²) in [4.78, 5) is 41.8. The van der Waals surface area contributed by atoms with Crippen LogP contribution >= 0.6 is 0 Å². The molecule has 0 spiro atoms. The third kappa shape index (κ3) is 4.31. The molecule has 2 aromatic carbocycles. The van der Waals surface area contributed by atoms with E-state index < -0.39 is 27.1 Å². The van der Waals surface area contributed by atoms with Crippen LogP contribution in [-0.2, 0) is 0 Å². The Bertz CT molecular complexity index is 1540. The Balaban J connectivity index is 1.71. The van der Waals surface area contributed by atoms with E-state index in [1.807, 2.05) is 0 Å². The third-order valence-electron chi connectivity index (χ3n) is 4.83. The molecule has 13 heteroatoms. The number of aldehydes is 1. The smallest absolute Gasteiger partial charge is 0.331 e. The van der Waals surface area contributed by atoms with Crippen molar-refractivity contribution in [3.8, 4) is 46.5 Å². The number of fused-ring (bicyclic) bond motifs is 8. The minimum absolute atomic E-state index is 0.0287. The van der Waals surface area contributed by atoms with Gasteiger partial charge in [0.1, 0.15) is 23.0 Å². The second-order valence-electron chi connectivity index (χ2n) is 7.13. The summed E-state index contributed by atoms with van der Waals surface area (Å²) in [5.74, 6) is -0.751. The van der Waals surface area contributed by atoms with Crippen molar-refractivity contribution in [2.24, 2.45) is 0 Å². The molecule has 0 atom stereocenters. The van der Waals surface area contributed by atoms with Crippen LogP contribution in [0.15, 0.2) is 66.7 Å². The molecule has 2 aromatic heterocycles. The number of rotatable bonds is 3. The van der Waals surface area contributed by atoms with Crippen LogP contribution in [0.4, 0.5) is 11.4 Å². The van der Waals surface area contributed by atoms with Crippen LogP contribution < -0.4 is 18.9 Å². The Morgan fingerprint density at radius 3 is 1.81 bits per heavy atom. The number of benzene rings is 2. The molecule has 3 heterocycles. The van der Waals surface area contributed by atoms with Crippen molar-refractivity contribution in [2.75, 3.05) is 0 Å². The Morgan fingerprint density at radius 2 is 1.19 bits per heavy atom.